The first kappa shape index (κ1) is 11.2. The molecule has 0 aliphatic heterocycles. The van der Waals surface area contributed by atoms with Crippen molar-refractivity contribution in [3.05, 3.63) is 33.8 Å². The van der Waals surface area contributed by atoms with Crippen molar-refractivity contribution < 1.29 is 9.53 Å². The van der Waals surface area contributed by atoms with Crippen LogP contribution in [-0.2, 0) is 4.74 Å². The van der Waals surface area contributed by atoms with Gasteiger partial charge in [0.2, 0.25) is 0 Å². The molecule has 0 saturated heterocycles. The van der Waals surface area contributed by atoms with E-state index in [1.54, 1.807) is 6.07 Å². The highest BCUT2D eigenvalue weighted by molar-refractivity contribution is 9.10. The molecule has 1 aromatic carbocycles. The van der Waals surface area contributed by atoms with Crippen molar-refractivity contribution >= 4 is 21.9 Å². The number of benzene rings is 1. The standard InChI is InChI=1S/C11H13BrO2/c1-7(2)14-11(13)9-6-4-5-8(3)10(9)12/h4-7H,1-3H3. The Kier molecular flexibility index (Phi) is 3.69. The number of rotatable bonds is 2. The van der Waals surface area contributed by atoms with Gasteiger partial charge in [-0.1, -0.05) is 12.1 Å². The summed E-state index contributed by atoms with van der Waals surface area (Å²) in [6.45, 7) is 5.61. The summed E-state index contributed by atoms with van der Waals surface area (Å²) in [6, 6.07) is 5.54. The van der Waals surface area contributed by atoms with Gasteiger partial charge in [0.25, 0.3) is 0 Å². The molecule has 0 fully saturated rings. The number of aryl methyl sites for hydroxylation is 1. The first-order valence-corrected chi connectivity index (χ1v) is 5.27. The molecular weight excluding hydrogens is 244 g/mol. The minimum atomic E-state index is -0.282. The van der Waals surface area contributed by atoms with Crippen molar-refractivity contribution in [3.63, 3.8) is 0 Å². The van der Waals surface area contributed by atoms with E-state index in [2.05, 4.69) is 15.9 Å². The van der Waals surface area contributed by atoms with Gasteiger partial charge in [-0.2, -0.15) is 0 Å². The molecule has 0 unspecified atom stereocenters. The molecule has 0 N–H and O–H groups in total. The highest BCUT2D eigenvalue weighted by Crippen LogP contribution is 2.21. The SMILES string of the molecule is Cc1cccc(C(=O)OC(C)C)c1Br. The highest BCUT2D eigenvalue weighted by atomic mass is 79.9. The van der Waals surface area contributed by atoms with Gasteiger partial charge in [-0.3, -0.25) is 0 Å². The molecule has 0 heterocycles. The van der Waals surface area contributed by atoms with E-state index in [0.717, 1.165) is 10.0 Å². The van der Waals surface area contributed by atoms with Crippen LogP contribution in [0.3, 0.4) is 0 Å². The number of carbonyl (C=O) groups excluding carboxylic acids is 1. The lowest BCUT2D eigenvalue weighted by atomic mass is 10.1. The van der Waals surface area contributed by atoms with Gasteiger partial charge < -0.3 is 4.74 Å². The molecular formula is C11H13BrO2. The zero-order chi connectivity index (χ0) is 10.7. The van der Waals surface area contributed by atoms with E-state index in [4.69, 9.17) is 4.74 Å². The first-order chi connectivity index (χ1) is 6.52. The summed E-state index contributed by atoms with van der Waals surface area (Å²) in [4.78, 5) is 11.6. The van der Waals surface area contributed by atoms with Crippen LogP contribution in [0.5, 0.6) is 0 Å². The largest absolute Gasteiger partial charge is 0.459 e. The molecule has 14 heavy (non-hydrogen) atoms. The zero-order valence-electron chi connectivity index (χ0n) is 8.50. The molecule has 0 aromatic heterocycles. The molecule has 3 heteroatoms. The Morgan fingerprint density at radius 3 is 2.64 bits per heavy atom. The van der Waals surface area contributed by atoms with Crippen molar-refractivity contribution in [2.75, 3.05) is 0 Å². The van der Waals surface area contributed by atoms with Crippen LogP contribution in [0.1, 0.15) is 29.8 Å². The summed E-state index contributed by atoms with van der Waals surface area (Å²) in [7, 11) is 0. The minimum absolute atomic E-state index is 0.0880. The van der Waals surface area contributed by atoms with Gasteiger partial charge in [-0.15, -0.1) is 0 Å². The molecule has 0 aliphatic carbocycles. The van der Waals surface area contributed by atoms with Crippen LogP contribution in [0.15, 0.2) is 22.7 Å². The van der Waals surface area contributed by atoms with Crippen LogP contribution in [0.2, 0.25) is 0 Å². The Balaban J connectivity index is 2.96. The lowest BCUT2D eigenvalue weighted by Crippen LogP contribution is -2.12. The smallest absolute Gasteiger partial charge is 0.339 e. The topological polar surface area (TPSA) is 26.3 Å². The van der Waals surface area contributed by atoms with Crippen LogP contribution in [0.4, 0.5) is 0 Å². The van der Waals surface area contributed by atoms with Gasteiger partial charge in [0, 0.05) is 4.47 Å². The molecule has 0 spiro atoms. The van der Waals surface area contributed by atoms with Crippen molar-refractivity contribution in [1.82, 2.24) is 0 Å². The maximum atomic E-state index is 11.6. The van der Waals surface area contributed by atoms with Gasteiger partial charge >= 0.3 is 5.97 Å². The number of hydrogen-bond acceptors (Lipinski definition) is 2. The second-order valence-corrected chi connectivity index (χ2v) is 4.18. The van der Waals surface area contributed by atoms with Crippen molar-refractivity contribution in [1.29, 1.82) is 0 Å². The molecule has 76 valence electrons. The second-order valence-electron chi connectivity index (χ2n) is 3.39. The van der Waals surface area contributed by atoms with Gasteiger partial charge in [0.15, 0.2) is 0 Å². The number of carbonyl (C=O) groups is 1. The molecule has 1 aromatic rings. The number of esters is 1. The number of ether oxygens (including phenoxy) is 1. The van der Waals surface area contributed by atoms with Crippen molar-refractivity contribution in [2.24, 2.45) is 0 Å². The van der Waals surface area contributed by atoms with Crippen LogP contribution < -0.4 is 0 Å². The quantitative estimate of drug-likeness (QED) is 0.759. The summed E-state index contributed by atoms with van der Waals surface area (Å²) >= 11 is 3.37. The van der Waals surface area contributed by atoms with Gasteiger partial charge in [0.1, 0.15) is 0 Å². The Hall–Kier alpha value is -0.830. The van der Waals surface area contributed by atoms with Crippen LogP contribution in [-0.4, -0.2) is 12.1 Å². The predicted molar refractivity (Wildman–Crippen MR) is 59.4 cm³/mol. The molecule has 0 atom stereocenters. The fourth-order valence-electron chi connectivity index (χ4n) is 1.08. The predicted octanol–water partition coefficient (Wildman–Crippen LogP) is 3.32. The van der Waals surface area contributed by atoms with Crippen LogP contribution in [0, 0.1) is 6.92 Å². The van der Waals surface area contributed by atoms with E-state index < -0.39 is 0 Å². The molecule has 0 radical (unpaired) electrons. The highest BCUT2D eigenvalue weighted by Gasteiger charge is 2.13. The van der Waals surface area contributed by atoms with E-state index in [1.807, 2.05) is 32.9 Å². The number of halogens is 1. The Labute approximate surface area is 92.4 Å². The summed E-state index contributed by atoms with van der Waals surface area (Å²) in [5.74, 6) is -0.282. The van der Waals surface area contributed by atoms with E-state index in [0.29, 0.717) is 5.56 Å². The van der Waals surface area contributed by atoms with Gasteiger partial charge in [-0.05, 0) is 48.3 Å². The van der Waals surface area contributed by atoms with Gasteiger partial charge in [0.05, 0.1) is 11.7 Å². The molecule has 0 saturated carbocycles. The molecule has 1 rings (SSSR count). The fraction of sp³-hybridized carbons (Fsp3) is 0.364. The van der Waals surface area contributed by atoms with E-state index in [-0.39, 0.29) is 12.1 Å². The van der Waals surface area contributed by atoms with Crippen molar-refractivity contribution in [3.8, 4) is 0 Å². The Morgan fingerprint density at radius 2 is 2.07 bits per heavy atom. The maximum Gasteiger partial charge on any atom is 0.339 e. The van der Waals surface area contributed by atoms with E-state index in [1.165, 1.54) is 0 Å². The van der Waals surface area contributed by atoms with Crippen LogP contribution in [0.25, 0.3) is 0 Å². The second kappa shape index (κ2) is 4.60. The van der Waals surface area contributed by atoms with Gasteiger partial charge in [-0.25, -0.2) is 4.79 Å². The third-order valence-corrected chi connectivity index (χ3v) is 2.81. The molecule has 0 amide bonds. The minimum Gasteiger partial charge on any atom is -0.459 e. The lowest BCUT2D eigenvalue weighted by Gasteiger charge is -2.09. The van der Waals surface area contributed by atoms with E-state index in [9.17, 15) is 4.79 Å². The zero-order valence-corrected chi connectivity index (χ0v) is 10.1. The first-order valence-electron chi connectivity index (χ1n) is 4.48. The average molecular weight is 257 g/mol. The summed E-state index contributed by atoms with van der Waals surface area (Å²) in [5, 5.41) is 0. The third kappa shape index (κ3) is 2.58. The summed E-state index contributed by atoms with van der Waals surface area (Å²) in [5.41, 5.74) is 1.61. The monoisotopic (exact) mass is 256 g/mol. The Bertz CT molecular complexity index is 345. The number of hydrogen-bond donors (Lipinski definition) is 0. The van der Waals surface area contributed by atoms with Crippen molar-refractivity contribution in [2.45, 2.75) is 26.9 Å². The molecule has 0 aliphatic rings. The summed E-state index contributed by atoms with van der Waals surface area (Å²) < 4.78 is 5.91. The normalized spacial score (nSPS) is 10.4. The third-order valence-electron chi connectivity index (χ3n) is 1.75. The van der Waals surface area contributed by atoms with Crippen LogP contribution >= 0.6 is 15.9 Å². The average Bonchev–Trinajstić information content (AvgIpc) is 2.08. The molecule has 0 bridgehead atoms. The van der Waals surface area contributed by atoms with E-state index >= 15 is 0 Å². The maximum absolute atomic E-state index is 11.6. The Morgan fingerprint density at radius 1 is 1.43 bits per heavy atom. The lowest BCUT2D eigenvalue weighted by molar-refractivity contribution is 0.0376. The fourth-order valence-corrected chi connectivity index (χ4v) is 1.51. The summed E-state index contributed by atoms with van der Waals surface area (Å²) in [6.07, 6.45) is -0.0880. The molecule has 2 nitrogen and oxygen atoms in total.